The third-order valence-electron chi connectivity index (χ3n) is 4.34. The van der Waals surface area contributed by atoms with Crippen LogP contribution < -0.4 is 10.6 Å². The highest BCUT2D eigenvalue weighted by Crippen LogP contribution is 2.16. The fourth-order valence-corrected chi connectivity index (χ4v) is 3.03. The zero-order valence-corrected chi connectivity index (χ0v) is 14.9. The minimum Gasteiger partial charge on any atom is -0.326 e. The molecule has 0 spiro atoms. The van der Waals surface area contributed by atoms with Crippen molar-refractivity contribution < 1.29 is 9.59 Å². The number of nitrogens with zero attached hydrogens (tertiary/aromatic N) is 2. The predicted molar refractivity (Wildman–Crippen MR) is 103 cm³/mol. The van der Waals surface area contributed by atoms with Gasteiger partial charge in [-0.25, -0.2) is 4.79 Å². The minimum absolute atomic E-state index is 0.107. The van der Waals surface area contributed by atoms with Gasteiger partial charge in [0.2, 0.25) is 5.91 Å². The fourth-order valence-electron chi connectivity index (χ4n) is 3.03. The van der Waals surface area contributed by atoms with Crippen LogP contribution in [-0.4, -0.2) is 47.9 Å². The smallest absolute Gasteiger partial charge is 0.321 e. The number of benzene rings is 2. The molecule has 0 aromatic heterocycles. The molecule has 0 saturated carbocycles. The van der Waals surface area contributed by atoms with E-state index in [1.807, 2.05) is 29.2 Å². The van der Waals surface area contributed by atoms with E-state index in [1.54, 1.807) is 18.2 Å². The van der Waals surface area contributed by atoms with Gasteiger partial charge in [-0.05, 0) is 23.8 Å². The van der Waals surface area contributed by atoms with Crippen molar-refractivity contribution in [3.8, 4) is 0 Å². The van der Waals surface area contributed by atoms with E-state index in [0.29, 0.717) is 24.5 Å². The third-order valence-corrected chi connectivity index (χ3v) is 4.34. The van der Waals surface area contributed by atoms with Crippen LogP contribution in [0.5, 0.6) is 0 Å². The number of rotatable bonds is 4. The lowest BCUT2D eigenvalue weighted by molar-refractivity contribution is -0.114. The molecule has 6 heteroatoms. The summed E-state index contributed by atoms with van der Waals surface area (Å²) in [7, 11) is 0. The van der Waals surface area contributed by atoms with E-state index >= 15 is 0 Å². The van der Waals surface area contributed by atoms with Gasteiger partial charge in [-0.15, -0.1) is 0 Å². The van der Waals surface area contributed by atoms with Crippen LogP contribution in [0.4, 0.5) is 16.2 Å². The molecule has 3 amide bonds. The number of nitrogens with one attached hydrogen (secondary N) is 2. The Morgan fingerprint density at radius 1 is 0.885 bits per heavy atom. The Morgan fingerprint density at radius 2 is 1.54 bits per heavy atom. The summed E-state index contributed by atoms with van der Waals surface area (Å²) in [4.78, 5) is 27.8. The van der Waals surface area contributed by atoms with Crippen LogP contribution in [-0.2, 0) is 11.3 Å². The molecular formula is C20H24N4O2. The van der Waals surface area contributed by atoms with Crippen molar-refractivity contribution in [2.45, 2.75) is 13.5 Å². The Balaban J connectivity index is 1.50. The Kier molecular flexibility index (Phi) is 5.86. The molecule has 26 heavy (non-hydrogen) atoms. The summed E-state index contributed by atoms with van der Waals surface area (Å²) in [5.74, 6) is -0.136. The summed E-state index contributed by atoms with van der Waals surface area (Å²) in [5, 5.41) is 5.62. The van der Waals surface area contributed by atoms with Gasteiger partial charge < -0.3 is 15.5 Å². The average molecular weight is 352 g/mol. The lowest BCUT2D eigenvalue weighted by atomic mass is 10.2. The molecule has 0 radical (unpaired) electrons. The molecule has 2 aromatic rings. The number of urea groups is 1. The second-order valence-electron chi connectivity index (χ2n) is 6.44. The van der Waals surface area contributed by atoms with Crippen molar-refractivity contribution in [2.24, 2.45) is 0 Å². The largest absolute Gasteiger partial charge is 0.326 e. The lowest BCUT2D eigenvalue weighted by Gasteiger charge is -2.34. The molecule has 136 valence electrons. The molecule has 0 unspecified atom stereocenters. The quantitative estimate of drug-likeness (QED) is 0.889. The zero-order chi connectivity index (χ0) is 18.4. The van der Waals surface area contributed by atoms with Gasteiger partial charge in [-0.3, -0.25) is 9.69 Å². The number of piperazine rings is 1. The first-order valence-corrected chi connectivity index (χ1v) is 8.80. The zero-order valence-electron chi connectivity index (χ0n) is 14.9. The number of anilines is 2. The second-order valence-corrected chi connectivity index (χ2v) is 6.44. The molecule has 0 aliphatic carbocycles. The Morgan fingerprint density at radius 3 is 2.19 bits per heavy atom. The first-order chi connectivity index (χ1) is 12.6. The van der Waals surface area contributed by atoms with Crippen LogP contribution >= 0.6 is 0 Å². The van der Waals surface area contributed by atoms with E-state index in [1.165, 1.54) is 12.5 Å². The van der Waals surface area contributed by atoms with Gasteiger partial charge in [0.1, 0.15) is 0 Å². The number of carbonyl (C=O) groups excluding carboxylic acids is 2. The maximum atomic E-state index is 12.5. The van der Waals surface area contributed by atoms with Crippen LogP contribution in [0.25, 0.3) is 0 Å². The normalized spacial score (nSPS) is 14.7. The van der Waals surface area contributed by atoms with E-state index in [0.717, 1.165) is 19.6 Å². The molecular weight excluding hydrogens is 328 g/mol. The minimum atomic E-state index is -0.136. The summed E-state index contributed by atoms with van der Waals surface area (Å²) in [6.07, 6.45) is 0. The van der Waals surface area contributed by atoms with Crippen LogP contribution in [0.1, 0.15) is 12.5 Å². The third kappa shape index (κ3) is 5.07. The van der Waals surface area contributed by atoms with Crippen LogP contribution in [0.2, 0.25) is 0 Å². The molecule has 0 atom stereocenters. The maximum absolute atomic E-state index is 12.5. The Hall–Kier alpha value is -2.86. The van der Waals surface area contributed by atoms with E-state index in [2.05, 4.69) is 27.7 Å². The van der Waals surface area contributed by atoms with E-state index in [4.69, 9.17) is 0 Å². The summed E-state index contributed by atoms with van der Waals surface area (Å²) >= 11 is 0. The Labute approximate surface area is 153 Å². The number of hydrogen-bond donors (Lipinski definition) is 2. The molecule has 1 fully saturated rings. The second kappa shape index (κ2) is 8.49. The predicted octanol–water partition coefficient (Wildman–Crippen LogP) is 2.99. The van der Waals surface area contributed by atoms with Crippen molar-refractivity contribution in [1.82, 2.24) is 9.80 Å². The van der Waals surface area contributed by atoms with Gasteiger partial charge in [0.25, 0.3) is 0 Å². The summed E-state index contributed by atoms with van der Waals surface area (Å²) < 4.78 is 0. The van der Waals surface area contributed by atoms with E-state index in [9.17, 15) is 9.59 Å². The number of carbonyl (C=O) groups is 2. The molecule has 1 saturated heterocycles. The highest BCUT2D eigenvalue weighted by atomic mass is 16.2. The highest BCUT2D eigenvalue weighted by Gasteiger charge is 2.21. The van der Waals surface area contributed by atoms with Crippen molar-refractivity contribution in [1.29, 1.82) is 0 Å². The first-order valence-electron chi connectivity index (χ1n) is 8.80. The molecule has 2 aromatic carbocycles. The van der Waals surface area contributed by atoms with Crippen LogP contribution in [0.3, 0.4) is 0 Å². The lowest BCUT2D eigenvalue weighted by Crippen LogP contribution is -2.49. The first kappa shape index (κ1) is 17.9. The van der Waals surface area contributed by atoms with Gasteiger partial charge in [0.15, 0.2) is 0 Å². The summed E-state index contributed by atoms with van der Waals surface area (Å²) in [6, 6.07) is 17.4. The molecule has 0 bridgehead atoms. The van der Waals surface area contributed by atoms with Gasteiger partial charge in [0, 0.05) is 51.0 Å². The van der Waals surface area contributed by atoms with Crippen molar-refractivity contribution in [3.63, 3.8) is 0 Å². The number of amides is 3. The van der Waals surface area contributed by atoms with Gasteiger partial charge in [0.05, 0.1) is 0 Å². The highest BCUT2D eigenvalue weighted by molar-refractivity contribution is 5.92. The SMILES string of the molecule is CC(=O)Nc1cccc(NC(=O)N2CCN(Cc3ccccc3)CC2)c1. The van der Waals surface area contributed by atoms with Crippen LogP contribution in [0, 0.1) is 0 Å². The van der Waals surface area contributed by atoms with Crippen molar-refractivity contribution in [2.75, 3.05) is 36.8 Å². The van der Waals surface area contributed by atoms with E-state index < -0.39 is 0 Å². The van der Waals surface area contributed by atoms with Gasteiger partial charge in [-0.1, -0.05) is 36.4 Å². The summed E-state index contributed by atoms with van der Waals surface area (Å²) in [6.45, 7) is 5.48. The molecule has 2 N–H and O–H groups in total. The van der Waals surface area contributed by atoms with Crippen LogP contribution in [0.15, 0.2) is 54.6 Å². The molecule has 1 aliphatic heterocycles. The molecule has 1 heterocycles. The molecule has 1 aliphatic rings. The number of hydrogen-bond acceptors (Lipinski definition) is 3. The maximum Gasteiger partial charge on any atom is 0.321 e. The van der Waals surface area contributed by atoms with Gasteiger partial charge >= 0.3 is 6.03 Å². The summed E-state index contributed by atoms with van der Waals surface area (Å²) in [5.41, 5.74) is 2.64. The van der Waals surface area contributed by atoms with E-state index in [-0.39, 0.29) is 11.9 Å². The van der Waals surface area contributed by atoms with Crippen molar-refractivity contribution in [3.05, 3.63) is 60.2 Å². The monoisotopic (exact) mass is 352 g/mol. The van der Waals surface area contributed by atoms with Gasteiger partial charge in [-0.2, -0.15) is 0 Å². The fraction of sp³-hybridized carbons (Fsp3) is 0.300. The topological polar surface area (TPSA) is 64.7 Å². The molecule has 6 nitrogen and oxygen atoms in total. The van der Waals surface area contributed by atoms with Crippen molar-refractivity contribution >= 4 is 23.3 Å². The molecule has 3 rings (SSSR count). The standard InChI is InChI=1S/C20H24N4O2/c1-16(25)21-18-8-5-9-19(14-18)22-20(26)24-12-10-23(11-13-24)15-17-6-3-2-4-7-17/h2-9,14H,10-13,15H2,1H3,(H,21,25)(H,22,26). The Bertz CT molecular complexity index is 755. The average Bonchev–Trinajstić information content (AvgIpc) is 2.63.